The summed E-state index contributed by atoms with van der Waals surface area (Å²) in [4.78, 5) is 2.65. The highest BCUT2D eigenvalue weighted by atomic mass is 32.2. The van der Waals surface area contributed by atoms with Crippen molar-refractivity contribution < 1.29 is 0 Å². The number of nitrogens with zero attached hydrogens (tertiary/aromatic N) is 1. The molecule has 0 bridgehead atoms. The van der Waals surface area contributed by atoms with E-state index < -0.39 is 0 Å². The maximum atomic E-state index is 5.86. The summed E-state index contributed by atoms with van der Waals surface area (Å²) in [6.07, 6.45) is 5.47. The molecule has 0 aromatic heterocycles. The molecule has 1 aliphatic heterocycles. The minimum atomic E-state index is 0.757. The molecule has 1 saturated carbocycles. The fraction of sp³-hybridized carbons (Fsp3) is 1.00. The van der Waals surface area contributed by atoms with Crippen LogP contribution in [0.4, 0.5) is 0 Å². The standard InChI is InChI=1S/C12H24N2S/c1-9-11(6-7-15-9)14(2)12-5-3-4-10(12)8-13/h9-12H,3-8,13H2,1-2H3. The second kappa shape index (κ2) is 5.07. The molecule has 1 heterocycles. The number of rotatable bonds is 3. The Morgan fingerprint density at radius 1 is 1.27 bits per heavy atom. The van der Waals surface area contributed by atoms with Crippen molar-refractivity contribution in [3.8, 4) is 0 Å². The molecule has 0 amide bonds. The normalized spacial score (nSPS) is 41.6. The van der Waals surface area contributed by atoms with Crippen molar-refractivity contribution >= 4 is 11.8 Å². The maximum Gasteiger partial charge on any atom is 0.0219 e. The Morgan fingerprint density at radius 2 is 2.07 bits per heavy atom. The monoisotopic (exact) mass is 228 g/mol. The van der Waals surface area contributed by atoms with Crippen molar-refractivity contribution in [1.82, 2.24) is 4.90 Å². The number of nitrogens with two attached hydrogens (primary N) is 1. The molecular weight excluding hydrogens is 204 g/mol. The largest absolute Gasteiger partial charge is 0.330 e. The van der Waals surface area contributed by atoms with Gasteiger partial charge in [-0.1, -0.05) is 13.3 Å². The van der Waals surface area contributed by atoms with E-state index in [9.17, 15) is 0 Å². The molecule has 15 heavy (non-hydrogen) atoms. The molecule has 1 saturated heterocycles. The zero-order valence-corrected chi connectivity index (χ0v) is 10.8. The van der Waals surface area contributed by atoms with Gasteiger partial charge in [0, 0.05) is 17.3 Å². The van der Waals surface area contributed by atoms with Crippen molar-refractivity contribution in [2.75, 3.05) is 19.3 Å². The summed E-state index contributed by atoms with van der Waals surface area (Å²) in [5.41, 5.74) is 5.86. The van der Waals surface area contributed by atoms with Crippen molar-refractivity contribution in [1.29, 1.82) is 0 Å². The van der Waals surface area contributed by atoms with Gasteiger partial charge in [0.1, 0.15) is 0 Å². The van der Waals surface area contributed by atoms with Crippen molar-refractivity contribution in [3.05, 3.63) is 0 Å². The summed E-state index contributed by atoms with van der Waals surface area (Å²) in [5.74, 6) is 2.10. The molecule has 1 aliphatic carbocycles. The number of thioether (sulfide) groups is 1. The SMILES string of the molecule is CC1SCCC1N(C)C1CCCC1CN. The molecule has 3 heteroatoms. The van der Waals surface area contributed by atoms with Crippen LogP contribution in [0, 0.1) is 5.92 Å². The van der Waals surface area contributed by atoms with E-state index in [1.54, 1.807) is 0 Å². The summed E-state index contributed by atoms with van der Waals surface area (Å²) in [5, 5.41) is 0.814. The van der Waals surface area contributed by atoms with Gasteiger partial charge in [0.2, 0.25) is 0 Å². The zero-order chi connectivity index (χ0) is 10.8. The van der Waals surface area contributed by atoms with Gasteiger partial charge < -0.3 is 5.73 Å². The van der Waals surface area contributed by atoms with Crippen molar-refractivity contribution in [3.63, 3.8) is 0 Å². The minimum absolute atomic E-state index is 0.757. The van der Waals surface area contributed by atoms with E-state index >= 15 is 0 Å². The van der Waals surface area contributed by atoms with Crippen molar-refractivity contribution in [2.45, 2.75) is 49.9 Å². The van der Waals surface area contributed by atoms with Gasteiger partial charge in [0.15, 0.2) is 0 Å². The summed E-state index contributed by atoms with van der Waals surface area (Å²) in [6, 6.07) is 1.56. The van der Waals surface area contributed by atoms with Crippen LogP contribution >= 0.6 is 11.8 Å². The summed E-state index contributed by atoms with van der Waals surface area (Å²) >= 11 is 2.13. The molecule has 2 fully saturated rings. The molecule has 2 N–H and O–H groups in total. The van der Waals surface area contributed by atoms with Gasteiger partial charge in [-0.2, -0.15) is 11.8 Å². The fourth-order valence-corrected chi connectivity index (χ4v) is 4.63. The quantitative estimate of drug-likeness (QED) is 0.800. The molecule has 0 radical (unpaired) electrons. The third-order valence-electron chi connectivity index (χ3n) is 4.30. The fourth-order valence-electron chi connectivity index (χ4n) is 3.33. The van der Waals surface area contributed by atoms with Crippen LogP contribution in [0.5, 0.6) is 0 Å². The first-order valence-electron chi connectivity index (χ1n) is 6.27. The van der Waals surface area contributed by atoms with E-state index in [1.807, 2.05) is 0 Å². The van der Waals surface area contributed by atoms with E-state index in [-0.39, 0.29) is 0 Å². The first-order valence-corrected chi connectivity index (χ1v) is 7.32. The molecule has 0 spiro atoms. The van der Waals surface area contributed by atoms with Gasteiger partial charge in [0.25, 0.3) is 0 Å². The Bertz CT molecular complexity index is 210. The zero-order valence-electron chi connectivity index (χ0n) is 9.98. The lowest BCUT2D eigenvalue weighted by Gasteiger charge is -2.35. The molecule has 4 unspecified atom stereocenters. The average molecular weight is 228 g/mol. The summed E-state index contributed by atoms with van der Waals surface area (Å²) in [7, 11) is 2.33. The highest BCUT2D eigenvalue weighted by Gasteiger charge is 2.36. The van der Waals surface area contributed by atoms with E-state index in [0.29, 0.717) is 0 Å². The van der Waals surface area contributed by atoms with Crippen LogP contribution < -0.4 is 5.73 Å². The van der Waals surface area contributed by atoms with Gasteiger partial charge >= 0.3 is 0 Å². The smallest absolute Gasteiger partial charge is 0.0219 e. The van der Waals surface area contributed by atoms with Gasteiger partial charge in [-0.25, -0.2) is 0 Å². The highest BCUT2D eigenvalue weighted by Crippen LogP contribution is 2.35. The lowest BCUT2D eigenvalue weighted by Crippen LogP contribution is -2.46. The number of hydrogen-bond donors (Lipinski definition) is 1. The van der Waals surface area contributed by atoms with Crippen LogP contribution in [-0.4, -0.2) is 41.6 Å². The molecule has 2 aliphatic rings. The third kappa shape index (κ3) is 2.34. The predicted octanol–water partition coefficient (Wildman–Crippen LogP) is 1.94. The molecule has 0 aromatic rings. The second-order valence-corrected chi connectivity index (χ2v) is 6.58. The molecule has 2 nitrogen and oxygen atoms in total. The average Bonchev–Trinajstić information content (AvgIpc) is 2.84. The Morgan fingerprint density at radius 3 is 2.67 bits per heavy atom. The van der Waals surface area contributed by atoms with E-state index in [4.69, 9.17) is 5.73 Å². The molecule has 0 aromatic carbocycles. The first kappa shape index (κ1) is 11.7. The van der Waals surface area contributed by atoms with Gasteiger partial charge in [-0.05, 0) is 44.5 Å². The summed E-state index contributed by atoms with van der Waals surface area (Å²) < 4.78 is 0. The highest BCUT2D eigenvalue weighted by molar-refractivity contribution is 8.00. The van der Waals surface area contributed by atoms with Crippen LogP contribution in [-0.2, 0) is 0 Å². The van der Waals surface area contributed by atoms with Crippen LogP contribution in [0.2, 0.25) is 0 Å². The number of hydrogen-bond acceptors (Lipinski definition) is 3. The van der Waals surface area contributed by atoms with E-state index in [0.717, 1.165) is 29.8 Å². The van der Waals surface area contributed by atoms with Gasteiger partial charge in [-0.3, -0.25) is 4.90 Å². The lowest BCUT2D eigenvalue weighted by atomic mass is 9.99. The molecule has 88 valence electrons. The molecule has 2 rings (SSSR count). The topological polar surface area (TPSA) is 29.3 Å². The van der Waals surface area contributed by atoms with Gasteiger partial charge in [0.05, 0.1) is 0 Å². The molecular formula is C12H24N2S. The Balaban J connectivity index is 1.97. The Kier molecular flexibility index (Phi) is 3.97. The van der Waals surface area contributed by atoms with E-state index in [2.05, 4.69) is 30.6 Å². The van der Waals surface area contributed by atoms with Crippen LogP contribution in [0.3, 0.4) is 0 Å². The maximum absolute atomic E-state index is 5.86. The Hall–Kier alpha value is 0.270. The second-order valence-electron chi connectivity index (χ2n) is 5.09. The predicted molar refractivity (Wildman–Crippen MR) is 68.3 cm³/mol. The van der Waals surface area contributed by atoms with Crippen LogP contribution in [0.15, 0.2) is 0 Å². The van der Waals surface area contributed by atoms with Crippen LogP contribution in [0.25, 0.3) is 0 Å². The molecule has 4 atom stereocenters. The van der Waals surface area contributed by atoms with Crippen molar-refractivity contribution in [2.24, 2.45) is 11.7 Å². The minimum Gasteiger partial charge on any atom is -0.330 e. The lowest BCUT2D eigenvalue weighted by molar-refractivity contribution is 0.143. The first-order chi connectivity index (χ1) is 7.24. The van der Waals surface area contributed by atoms with Gasteiger partial charge in [-0.15, -0.1) is 0 Å². The van der Waals surface area contributed by atoms with E-state index in [1.165, 1.54) is 31.4 Å². The Labute approximate surface area is 98.0 Å². The third-order valence-corrected chi connectivity index (χ3v) is 5.62. The summed E-state index contributed by atoms with van der Waals surface area (Å²) in [6.45, 7) is 3.26. The van der Waals surface area contributed by atoms with Crippen LogP contribution in [0.1, 0.15) is 32.6 Å².